The molecule has 0 atom stereocenters. The molecule has 0 spiro atoms. The van der Waals surface area contributed by atoms with Crippen LogP contribution in [0, 0.1) is 5.92 Å². The largest absolute Gasteiger partial charge is 0.370 e. The fourth-order valence-corrected chi connectivity index (χ4v) is 2.10. The van der Waals surface area contributed by atoms with Crippen molar-refractivity contribution < 1.29 is 4.74 Å². The van der Waals surface area contributed by atoms with E-state index in [9.17, 15) is 0 Å². The van der Waals surface area contributed by atoms with Gasteiger partial charge in [0.05, 0.1) is 0 Å². The molecular formula is C9H16N4O. The van der Waals surface area contributed by atoms with Crippen LogP contribution in [0.5, 0.6) is 0 Å². The van der Waals surface area contributed by atoms with Crippen LogP contribution in [0.4, 0.5) is 0 Å². The summed E-state index contributed by atoms with van der Waals surface area (Å²) in [6.45, 7) is 2.27. The summed E-state index contributed by atoms with van der Waals surface area (Å²) in [5.74, 6) is 1.48. The number of nitrogens with zero attached hydrogens (tertiary/aromatic N) is 3. The summed E-state index contributed by atoms with van der Waals surface area (Å²) in [6.07, 6.45) is 4.32. The number of H-pyrrole nitrogens is 1. The maximum Gasteiger partial charge on any atom is 0.206 e. The van der Waals surface area contributed by atoms with Crippen LogP contribution in [0.15, 0.2) is 0 Å². The van der Waals surface area contributed by atoms with Gasteiger partial charge in [0.15, 0.2) is 0 Å². The first-order chi connectivity index (χ1) is 6.77. The van der Waals surface area contributed by atoms with Gasteiger partial charge in [-0.15, -0.1) is 10.2 Å². The minimum atomic E-state index is -0.292. The molecule has 78 valence electrons. The second kappa shape index (κ2) is 3.65. The molecule has 0 aromatic carbocycles. The monoisotopic (exact) mass is 196 g/mol. The Hall–Kier alpha value is -0.970. The molecule has 0 unspecified atom stereocenters. The lowest BCUT2D eigenvalue weighted by atomic mass is 9.79. The molecule has 0 aliphatic heterocycles. The van der Waals surface area contributed by atoms with E-state index in [0.717, 1.165) is 18.8 Å². The van der Waals surface area contributed by atoms with Crippen LogP contribution in [0.3, 0.4) is 0 Å². The third-order valence-electron chi connectivity index (χ3n) is 3.23. The molecule has 5 heteroatoms. The Balaban J connectivity index is 2.19. The molecule has 1 saturated carbocycles. The average molecular weight is 196 g/mol. The SMILES string of the molecule is COC1(c2nn[nH]n2)CCC(C)CC1. The minimum Gasteiger partial charge on any atom is -0.370 e. The van der Waals surface area contributed by atoms with Crippen LogP contribution >= 0.6 is 0 Å². The number of aromatic nitrogens is 4. The van der Waals surface area contributed by atoms with Gasteiger partial charge in [0.2, 0.25) is 5.82 Å². The van der Waals surface area contributed by atoms with E-state index in [2.05, 4.69) is 27.5 Å². The smallest absolute Gasteiger partial charge is 0.206 e. The first kappa shape index (κ1) is 9.58. The summed E-state index contributed by atoms with van der Waals surface area (Å²) in [6, 6.07) is 0. The predicted octanol–water partition coefficient (Wildman–Crippen LogP) is 1.25. The Labute approximate surface area is 83.2 Å². The standard InChI is InChI=1S/C9H16N4O/c1-7-3-5-9(14-2,6-4-7)8-10-12-13-11-8/h7H,3-6H2,1-2H3,(H,10,11,12,13). The summed E-state index contributed by atoms with van der Waals surface area (Å²) in [4.78, 5) is 0. The summed E-state index contributed by atoms with van der Waals surface area (Å²) in [5, 5.41) is 14.2. The Kier molecular flexibility index (Phi) is 2.50. The van der Waals surface area contributed by atoms with Crippen LogP contribution in [-0.4, -0.2) is 27.7 Å². The summed E-state index contributed by atoms with van der Waals surface area (Å²) in [5.41, 5.74) is -0.292. The van der Waals surface area contributed by atoms with E-state index in [1.807, 2.05) is 0 Å². The van der Waals surface area contributed by atoms with E-state index >= 15 is 0 Å². The van der Waals surface area contributed by atoms with Crippen molar-refractivity contribution in [2.24, 2.45) is 5.92 Å². The van der Waals surface area contributed by atoms with Gasteiger partial charge in [0.25, 0.3) is 0 Å². The normalized spacial score (nSPS) is 33.1. The second-order valence-corrected chi connectivity index (χ2v) is 4.12. The van der Waals surface area contributed by atoms with Gasteiger partial charge in [-0.05, 0) is 31.6 Å². The molecular weight excluding hydrogens is 180 g/mol. The number of hydrogen-bond donors (Lipinski definition) is 1. The molecule has 0 bridgehead atoms. The predicted molar refractivity (Wildman–Crippen MR) is 50.5 cm³/mol. The van der Waals surface area contributed by atoms with Crippen LogP contribution in [0.2, 0.25) is 0 Å². The lowest BCUT2D eigenvalue weighted by molar-refractivity contribution is -0.0597. The van der Waals surface area contributed by atoms with Gasteiger partial charge >= 0.3 is 0 Å². The van der Waals surface area contributed by atoms with Crippen molar-refractivity contribution in [1.82, 2.24) is 20.6 Å². The van der Waals surface area contributed by atoms with Crippen molar-refractivity contribution in [3.63, 3.8) is 0 Å². The Morgan fingerprint density at radius 3 is 2.64 bits per heavy atom. The van der Waals surface area contributed by atoms with Gasteiger partial charge in [-0.2, -0.15) is 5.21 Å². The van der Waals surface area contributed by atoms with Gasteiger partial charge < -0.3 is 4.74 Å². The maximum absolute atomic E-state index is 5.59. The lowest BCUT2D eigenvalue weighted by Gasteiger charge is -2.35. The topological polar surface area (TPSA) is 63.7 Å². The van der Waals surface area contributed by atoms with Gasteiger partial charge in [0, 0.05) is 7.11 Å². The Morgan fingerprint density at radius 1 is 1.43 bits per heavy atom. The summed E-state index contributed by atoms with van der Waals surface area (Å²) in [7, 11) is 1.73. The molecule has 1 N–H and O–H groups in total. The molecule has 14 heavy (non-hydrogen) atoms. The molecule has 0 amide bonds. The lowest BCUT2D eigenvalue weighted by Crippen LogP contribution is -2.34. The molecule has 0 saturated heterocycles. The molecule has 5 nitrogen and oxygen atoms in total. The van der Waals surface area contributed by atoms with E-state index in [1.54, 1.807) is 7.11 Å². The number of rotatable bonds is 2. The van der Waals surface area contributed by atoms with Crippen molar-refractivity contribution in [2.75, 3.05) is 7.11 Å². The zero-order valence-electron chi connectivity index (χ0n) is 8.66. The number of methoxy groups -OCH3 is 1. The van der Waals surface area contributed by atoms with Gasteiger partial charge in [-0.1, -0.05) is 12.1 Å². The first-order valence-corrected chi connectivity index (χ1v) is 5.06. The molecule has 1 aromatic heterocycles. The number of hydrogen-bond acceptors (Lipinski definition) is 4. The van der Waals surface area contributed by atoms with E-state index in [0.29, 0.717) is 5.82 Å². The molecule has 1 heterocycles. The van der Waals surface area contributed by atoms with Crippen molar-refractivity contribution >= 4 is 0 Å². The second-order valence-electron chi connectivity index (χ2n) is 4.12. The maximum atomic E-state index is 5.59. The fourth-order valence-electron chi connectivity index (χ4n) is 2.10. The third kappa shape index (κ3) is 1.52. The van der Waals surface area contributed by atoms with Gasteiger partial charge in [0.1, 0.15) is 5.60 Å². The Morgan fingerprint density at radius 2 is 2.14 bits per heavy atom. The highest BCUT2D eigenvalue weighted by atomic mass is 16.5. The molecule has 0 radical (unpaired) electrons. The number of tetrazole rings is 1. The molecule has 1 fully saturated rings. The fraction of sp³-hybridized carbons (Fsp3) is 0.889. The quantitative estimate of drug-likeness (QED) is 0.773. The van der Waals surface area contributed by atoms with E-state index < -0.39 is 0 Å². The first-order valence-electron chi connectivity index (χ1n) is 5.06. The van der Waals surface area contributed by atoms with Crippen molar-refractivity contribution in [2.45, 2.75) is 38.2 Å². The highest BCUT2D eigenvalue weighted by Gasteiger charge is 2.39. The van der Waals surface area contributed by atoms with Crippen LogP contribution in [0.25, 0.3) is 0 Å². The van der Waals surface area contributed by atoms with E-state index in [-0.39, 0.29) is 5.60 Å². The molecule has 1 aromatic rings. The van der Waals surface area contributed by atoms with E-state index in [1.165, 1.54) is 12.8 Å². The van der Waals surface area contributed by atoms with Gasteiger partial charge in [-0.25, -0.2) is 0 Å². The van der Waals surface area contributed by atoms with Crippen molar-refractivity contribution in [3.05, 3.63) is 5.82 Å². The van der Waals surface area contributed by atoms with E-state index in [4.69, 9.17) is 4.74 Å². The number of ether oxygens (including phenoxy) is 1. The average Bonchev–Trinajstić information content (AvgIpc) is 2.73. The summed E-state index contributed by atoms with van der Waals surface area (Å²) >= 11 is 0. The van der Waals surface area contributed by atoms with Crippen LogP contribution < -0.4 is 0 Å². The molecule has 2 rings (SSSR count). The molecule has 1 aliphatic rings. The zero-order valence-corrected chi connectivity index (χ0v) is 8.66. The van der Waals surface area contributed by atoms with Crippen molar-refractivity contribution in [1.29, 1.82) is 0 Å². The van der Waals surface area contributed by atoms with Gasteiger partial charge in [-0.3, -0.25) is 0 Å². The zero-order chi connectivity index (χ0) is 10.0. The number of aromatic amines is 1. The third-order valence-corrected chi connectivity index (χ3v) is 3.23. The highest BCUT2D eigenvalue weighted by molar-refractivity contribution is 5.00. The van der Waals surface area contributed by atoms with Crippen molar-refractivity contribution in [3.8, 4) is 0 Å². The number of nitrogens with one attached hydrogen (secondary N) is 1. The highest BCUT2D eigenvalue weighted by Crippen LogP contribution is 2.39. The van der Waals surface area contributed by atoms with Crippen LogP contribution in [0.1, 0.15) is 38.4 Å². The van der Waals surface area contributed by atoms with Crippen LogP contribution in [-0.2, 0) is 10.3 Å². The molecule has 1 aliphatic carbocycles. The summed E-state index contributed by atoms with van der Waals surface area (Å²) < 4.78 is 5.59. The minimum absolute atomic E-state index is 0.292. The Bertz CT molecular complexity index is 277.